The zero-order valence-electron chi connectivity index (χ0n) is 20.4. The third-order valence-electron chi connectivity index (χ3n) is 8.23. The largest absolute Gasteiger partial charge is 0.346 e. The standard InChI is InChI=1S/C28H20ClFN6O2S/c29-16-3-1-14-11-28(7-8-28)33-27(38)24-15(23(14)25(16)30)10-22(37)36-19(24)4-5-20(36)26-31-12-18(32-26)13-2-6-21-17(9-13)34-35-39-21/h1-3,6,9-10,12,20H,4-5,7-8,11H2,(H,31,32)(H,33,38)/t20-/m1/s1. The van der Waals surface area contributed by atoms with Gasteiger partial charge in [0.1, 0.15) is 17.2 Å². The minimum atomic E-state index is -0.595. The maximum absolute atomic E-state index is 15.5. The van der Waals surface area contributed by atoms with E-state index in [1.54, 1.807) is 22.9 Å². The monoisotopic (exact) mass is 558 g/mol. The molecular formula is C28H20ClFN6O2S. The smallest absolute Gasteiger partial charge is 0.254 e. The second-order valence-electron chi connectivity index (χ2n) is 10.6. The normalized spacial score (nSPS) is 18.8. The van der Waals surface area contributed by atoms with E-state index >= 15 is 4.39 Å². The molecule has 1 spiro atoms. The number of hydrogen-bond donors (Lipinski definition) is 2. The van der Waals surface area contributed by atoms with Gasteiger partial charge in [0.05, 0.1) is 33.2 Å². The van der Waals surface area contributed by atoms with Gasteiger partial charge in [-0.05, 0) is 67.4 Å². The van der Waals surface area contributed by atoms with Crippen LogP contribution < -0.4 is 10.9 Å². The number of fused-ring (bicyclic) bond motifs is 6. The molecule has 0 bridgehead atoms. The number of hydrogen-bond acceptors (Lipinski definition) is 6. The minimum absolute atomic E-state index is 0.0289. The van der Waals surface area contributed by atoms with Gasteiger partial charge in [-0.3, -0.25) is 9.59 Å². The van der Waals surface area contributed by atoms with Crippen LogP contribution in [0.5, 0.6) is 0 Å². The van der Waals surface area contributed by atoms with Crippen LogP contribution in [0.1, 0.15) is 52.7 Å². The first kappa shape index (κ1) is 23.0. The highest BCUT2D eigenvalue weighted by Gasteiger charge is 2.47. The summed E-state index contributed by atoms with van der Waals surface area (Å²) in [5.41, 5.74) is 4.07. The number of nitrogens with zero attached hydrogens (tertiary/aromatic N) is 4. The highest BCUT2D eigenvalue weighted by Crippen LogP contribution is 2.46. The van der Waals surface area contributed by atoms with Crippen LogP contribution in [-0.4, -0.2) is 35.6 Å². The summed E-state index contributed by atoms with van der Waals surface area (Å²) in [6.45, 7) is 0. The summed E-state index contributed by atoms with van der Waals surface area (Å²) >= 11 is 7.53. The summed E-state index contributed by atoms with van der Waals surface area (Å²) in [6, 6.07) is 10.2. The van der Waals surface area contributed by atoms with Gasteiger partial charge in [-0.15, -0.1) is 5.10 Å². The Morgan fingerprint density at radius 2 is 2.00 bits per heavy atom. The number of aromatic amines is 1. The Bertz CT molecular complexity index is 1920. The number of carbonyl (C=O) groups is 1. The summed E-state index contributed by atoms with van der Waals surface area (Å²) in [6.07, 6.45) is 4.95. The summed E-state index contributed by atoms with van der Waals surface area (Å²) in [5.74, 6) is -0.244. The first-order valence-electron chi connectivity index (χ1n) is 12.8. The van der Waals surface area contributed by atoms with Gasteiger partial charge >= 0.3 is 0 Å². The van der Waals surface area contributed by atoms with Crippen molar-refractivity contribution in [3.63, 3.8) is 0 Å². The highest BCUT2D eigenvalue weighted by atomic mass is 35.5. The van der Waals surface area contributed by atoms with Gasteiger partial charge in [0.25, 0.3) is 11.5 Å². The van der Waals surface area contributed by atoms with Crippen molar-refractivity contribution in [2.45, 2.75) is 43.7 Å². The molecule has 1 atom stereocenters. The van der Waals surface area contributed by atoms with Crippen LogP contribution in [0.3, 0.4) is 0 Å². The molecule has 0 unspecified atom stereocenters. The number of benzene rings is 2. The van der Waals surface area contributed by atoms with Crippen molar-refractivity contribution >= 4 is 39.3 Å². The van der Waals surface area contributed by atoms with Crippen molar-refractivity contribution < 1.29 is 9.18 Å². The van der Waals surface area contributed by atoms with E-state index in [2.05, 4.69) is 24.9 Å². The number of pyridine rings is 1. The Morgan fingerprint density at radius 3 is 2.85 bits per heavy atom. The van der Waals surface area contributed by atoms with E-state index in [0.717, 1.165) is 39.9 Å². The van der Waals surface area contributed by atoms with Crippen molar-refractivity contribution in [1.82, 2.24) is 29.4 Å². The average molecular weight is 559 g/mol. The molecule has 0 radical (unpaired) electrons. The van der Waals surface area contributed by atoms with Crippen molar-refractivity contribution in [3.8, 4) is 22.4 Å². The van der Waals surface area contributed by atoms with Gasteiger partial charge in [-0.25, -0.2) is 9.37 Å². The molecule has 2 aromatic carbocycles. The first-order chi connectivity index (χ1) is 18.9. The molecule has 1 aliphatic carbocycles. The van der Waals surface area contributed by atoms with E-state index in [9.17, 15) is 9.59 Å². The lowest BCUT2D eigenvalue weighted by Crippen LogP contribution is -2.41. The number of aromatic nitrogens is 5. The lowest BCUT2D eigenvalue weighted by Gasteiger charge is -2.27. The van der Waals surface area contributed by atoms with Crippen LogP contribution in [0.15, 0.2) is 47.4 Å². The fourth-order valence-corrected chi connectivity index (χ4v) is 6.86. The van der Waals surface area contributed by atoms with Crippen LogP contribution in [0.2, 0.25) is 5.02 Å². The molecule has 5 heterocycles. The summed E-state index contributed by atoms with van der Waals surface area (Å²) < 4.78 is 22.2. The van der Waals surface area contributed by atoms with E-state index in [-0.39, 0.29) is 33.6 Å². The first-order valence-corrected chi connectivity index (χ1v) is 13.9. The Labute approximate surface area is 230 Å². The molecular weight excluding hydrogens is 539 g/mol. The van der Waals surface area contributed by atoms with E-state index in [0.29, 0.717) is 41.9 Å². The zero-order valence-corrected chi connectivity index (χ0v) is 22.0. The summed E-state index contributed by atoms with van der Waals surface area (Å²) in [5, 5.41) is 7.32. The molecule has 8 nitrogen and oxygen atoms in total. The molecule has 1 fully saturated rings. The molecule has 3 aliphatic rings. The maximum Gasteiger partial charge on any atom is 0.254 e. The number of rotatable bonds is 2. The van der Waals surface area contributed by atoms with Gasteiger partial charge in [0.2, 0.25) is 0 Å². The fourth-order valence-electron chi connectivity index (χ4n) is 6.17. The van der Waals surface area contributed by atoms with Crippen molar-refractivity contribution in [1.29, 1.82) is 0 Å². The molecule has 2 N–H and O–H groups in total. The van der Waals surface area contributed by atoms with Crippen LogP contribution in [0.4, 0.5) is 4.39 Å². The molecule has 1 saturated carbocycles. The molecule has 3 aromatic heterocycles. The lowest BCUT2D eigenvalue weighted by molar-refractivity contribution is 0.0929. The minimum Gasteiger partial charge on any atom is -0.346 e. The third kappa shape index (κ3) is 3.44. The van der Waals surface area contributed by atoms with E-state index in [4.69, 9.17) is 11.6 Å². The van der Waals surface area contributed by atoms with Gasteiger partial charge in [-0.1, -0.05) is 28.2 Å². The number of imidazole rings is 1. The average Bonchev–Trinajstić information content (AvgIpc) is 3.31. The van der Waals surface area contributed by atoms with Crippen LogP contribution in [-0.2, 0) is 12.8 Å². The second kappa shape index (κ2) is 8.06. The molecule has 1 amide bonds. The number of carbonyl (C=O) groups excluding carboxylic acids is 1. The molecule has 11 heteroatoms. The molecule has 0 saturated heterocycles. The quantitative estimate of drug-likeness (QED) is 0.315. The predicted molar refractivity (Wildman–Crippen MR) is 146 cm³/mol. The molecule has 5 aromatic rings. The zero-order chi connectivity index (χ0) is 26.5. The number of amides is 1. The van der Waals surface area contributed by atoms with E-state index in [1.165, 1.54) is 17.6 Å². The second-order valence-corrected chi connectivity index (χ2v) is 11.8. The number of halogens is 2. The Balaban J connectivity index is 1.27. The topological polar surface area (TPSA) is 106 Å². The summed E-state index contributed by atoms with van der Waals surface area (Å²) in [4.78, 5) is 35.3. The Morgan fingerprint density at radius 1 is 1.13 bits per heavy atom. The molecule has 8 rings (SSSR count). The highest BCUT2D eigenvalue weighted by molar-refractivity contribution is 7.12. The third-order valence-corrected chi connectivity index (χ3v) is 9.22. The molecule has 2 aliphatic heterocycles. The Hall–Kier alpha value is -3.89. The van der Waals surface area contributed by atoms with Crippen molar-refractivity contribution in [2.75, 3.05) is 0 Å². The van der Waals surface area contributed by atoms with Gasteiger partial charge in [0, 0.05) is 34.0 Å². The SMILES string of the molecule is O=C1NC2(CC2)Cc2ccc(Cl)c(F)c2-c2cc(=O)n3c(c21)CC[C@@H]3c1ncc(-c2ccc3snnc3c2)[nH]1. The summed E-state index contributed by atoms with van der Waals surface area (Å²) in [7, 11) is 0. The number of nitrogens with one attached hydrogen (secondary N) is 2. The maximum atomic E-state index is 15.5. The predicted octanol–water partition coefficient (Wildman–Crippen LogP) is 5.06. The van der Waals surface area contributed by atoms with Gasteiger partial charge in [-0.2, -0.15) is 0 Å². The number of H-pyrrole nitrogens is 1. The van der Waals surface area contributed by atoms with Crippen LogP contribution in [0.25, 0.3) is 32.6 Å². The molecule has 194 valence electrons. The van der Waals surface area contributed by atoms with Crippen molar-refractivity contribution in [2.24, 2.45) is 0 Å². The van der Waals surface area contributed by atoms with Gasteiger partial charge < -0.3 is 14.9 Å². The van der Waals surface area contributed by atoms with Gasteiger partial charge in [0.15, 0.2) is 0 Å². The fraction of sp³-hybridized carbons (Fsp3) is 0.250. The van der Waals surface area contributed by atoms with E-state index < -0.39 is 5.82 Å². The lowest BCUT2D eigenvalue weighted by atomic mass is 9.88. The molecule has 39 heavy (non-hydrogen) atoms. The van der Waals surface area contributed by atoms with E-state index in [1.807, 2.05) is 18.2 Å². The Kier molecular flexibility index (Phi) is 4.76. The van der Waals surface area contributed by atoms with Crippen molar-refractivity contribution in [3.05, 3.63) is 86.4 Å². The van der Waals surface area contributed by atoms with Crippen LogP contribution in [0, 0.1) is 5.82 Å². The van der Waals surface area contributed by atoms with Crippen LogP contribution >= 0.6 is 23.1 Å².